The summed E-state index contributed by atoms with van der Waals surface area (Å²) in [5, 5.41) is 36.6. The van der Waals surface area contributed by atoms with Crippen LogP contribution >= 0.6 is 11.3 Å². The van der Waals surface area contributed by atoms with Gasteiger partial charge in [0.05, 0.1) is 30.4 Å². The van der Waals surface area contributed by atoms with Gasteiger partial charge >= 0.3 is 0 Å². The molecule has 0 amide bonds. The van der Waals surface area contributed by atoms with Crippen molar-refractivity contribution in [3.63, 3.8) is 0 Å². The van der Waals surface area contributed by atoms with E-state index in [2.05, 4.69) is 37.1 Å². The predicted octanol–water partition coefficient (Wildman–Crippen LogP) is 3.44. The summed E-state index contributed by atoms with van der Waals surface area (Å²) >= 11 is 1.37. The van der Waals surface area contributed by atoms with Gasteiger partial charge in [-0.2, -0.15) is 15.6 Å². The van der Waals surface area contributed by atoms with E-state index in [1.807, 2.05) is 23.1 Å². The van der Waals surface area contributed by atoms with Crippen molar-refractivity contribution in [1.82, 2.24) is 24.7 Å². The topological polar surface area (TPSA) is 130 Å². The number of aromatic hydroxyl groups is 1. The molecule has 1 fully saturated rings. The third-order valence-corrected chi connectivity index (χ3v) is 6.82. The highest BCUT2D eigenvalue weighted by molar-refractivity contribution is 7.14. The lowest BCUT2D eigenvalue weighted by Gasteiger charge is -2.23. The van der Waals surface area contributed by atoms with Gasteiger partial charge < -0.3 is 15.0 Å². The standard InChI is InChI=1S/C21H18N8OS/c22-4-1-17(13-3-6-28(9-13)21-16(7-23)18(30)11-31-21)29-10-14(8-27-29)19-15-2-5-24-20(15)26-12-25-19/h2,5,8,10-13,17,30H,1,3,6,9H2,(H,24,25,26)/t13?,17-/m0/s1. The quantitative estimate of drug-likeness (QED) is 0.496. The summed E-state index contributed by atoms with van der Waals surface area (Å²) < 4.78 is 1.87. The summed E-state index contributed by atoms with van der Waals surface area (Å²) in [7, 11) is 0. The zero-order valence-electron chi connectivity index (χ0n) is 16.4. The molecular formula is C21H18N8OS. The molecule has 0 bridgehead atoms. The van der Waals surface area contributed by atoms with E-state index in [4.69, 9.17) is 0 Å². The molecule has 0 aromatic carbocycles. The number of nitrogens with zero attached hydrogens (tertiary/aromatic N) is 7. The van der Waals surface area contributed by atoms with Gasteiger partial charge in [-0.1, -0.05) is 0 Å². The van der Waals surface area contributed by atoms with Crippen LogP contribution in [0.4, 0.5) is 5.00 Å². The zero-order chi connectivity index (χ0) is 21.4. The lowest BCUT2D eigenvalue weighted by Crippen LogP contribution is -2.25. The highest BCUT2D eigenvalue weighted by Gasteiger charge is 2.33. The number of aromatic amines is 1. The summed E-state index contributed by atoms with van der Waals surface area (Å²) in [5.41, 5.74) is 2.77. The Balaban J connectivity index is 1.42. The fraction of sp³-hybridized carbons (Fsp3) is 0.286. The minimum Gasteiger partial charge on any atom is -0.506 e. The van der Waals surface area contributed by atoms with Crippen molar-refractivity contribution in [2.75, 3.05) is 18.0 Å². The van der Waals surface area contributed by atoms with Crippen LogP contribution in [-0.4, -0.2) is 42.9 Å². The molecular weight excluding hydrogens is 412 g/mol. The summed E-state index contributed by atoms with van der Waals surface area (Å²) in [6.07, 6.45) is 8.28. The summed E-state index contributed by atoms with van der Waals surface area (Å²) in [6, 6.07) is 6.24. The molecule has 1 aliphatic rings. The molecule has 1 saturated heterocycles. The van der Waals surface area contributed by atoms with E-state index in [1.165, 1.54) is 17.7 Å². The molecule has 10 heteroatoms. The molecule has 154 valence electrons. The van der Waals surface area contributed by atoms with Crippen molar-refractivity contribution in [2.24, 2.45) is 5.92 Å². The van der Waals surface area contributed by atoms with Gasteiger partial charge in [-0.3, -0.25) is 4.68 Å². The van der Waals surface area contributed by atoms with Crippen LogP contribution in [0.1, 0.15) is 24.4 Å². The predicted molar refractivity (Wildman–Crippen MR) is 115 cm³/mol. The molecule has 2 N–H and O–H groups in total. The maximum atomic E-state index is 9.89. The molecule has 31 heavy (non-hydrogen) atoms. The minimum atomic E-state index is -0.0913. The lowest BCUT2D eigenvalue weighted by molar-refractivity contribution is 0.332. The Morgan fingerprint density at radius 1 is 1.35 bits per heavy atom. The van der Waals surface area contributed by atoms with Crippen LogP contribution < -0.4 is 4.90 Å². The first-order valence-corrected chi connectivity index (χ1v) is 10.7. The monoisotopic (exact) mass is 430 g/mol. The second kappa shape index (κ2) is 7.74. The van der Waals surface area contributed by atoms with E-state index < -0.39 is 0 Å². The van der Waals surface area contributed by atoms with Crippen molar-refractivity contribution in [2.45, 2.75) is 18.9 Å². The molecule has 4 aromatic rings. The van der Waals surface area contributed by atoms with Crippen molar-refractivity contribution >= 4 is 27.4 Å². The number of hydrogen-bond donors (Lipinski definition) is 2. The van der Waals surface area contributed by atoms with Gasteiger partial charge in [-0.05, 0) is 12.5 Å². The van der Waals surface area contributed by atoms with E-state index in [0.29, 0.717) is 18.5 Å². The first-order valence-electron chi connectivity index (χ1n) is 9.84. The molecule has 1 unspecified atom stereocenters. The number of fused-ring (bicyclic) bond motifs is 1. The second-order valence-corrected chi connectivity index (χ2v) is 8.37. The highest BCUT2D eigenvalue weighted by Crippen LogP contribution is 2.40. The SMILES string of the molecule is N#CC[C@@H](C1CCN(c2scc(O)c2C#N)C1)n1cc(-c2ncnc3[nH]ccc23)cn1. The molecule has 0 radical (unpaired) electrons. The van der Waals surface area contributed by atoms with Crippen LogP contribution in [0, 0.1) is 28.6 Å². The van der Waals surface area contributed by atoms with Gasteiger partial charge in [0.25, 0.3) is 0 Å². The fourth-order valence-electron chi connectivity index (χ4n) is 4.28. The maximum absolute atomic E-state index is 9.89. The molecule has 0 spiro atoms. The molecule has 0 saturated carbocycles. The van der Waals surface area contributed by atoms with Gasteiger partial charge in [-0.25, -0.2) is 9.97 Å². The van der Waals surface area contributed by atoms with E-state index in [1.54, 1.807) is 11.6 Å². The Kier molecular flexibility index (Phi) is 4.77. The van der Waals surface area contributed by atoms with Crippen molar-refractivity contribution in [3.8, 4) is 29.1 Å². The van der Waals surface area contributed by atoms with Crippen LogP contribution in [0.3, 0.4) is 0 Å². The number of thiophene rings is 1. The Morgan fingerprint density at radius 3 is 3.10 bits per heavy atom. The Bertz CT molecular complexity index is 1320. The van der Waals surface area contributed by atoms with Crippen LogP contribution in [0.5, 0.6) is 5.75 Å². The molecule has 0 aliphatic carbocycles. The number of anilines is 1. The first-order chi connectivity index (χ1) is 15.2. The van der Waals surface area contributed by atoms with Gasteiger partial charge in [0.15, 0.2) is 0 Å². The normalized spacial score (nSPS) is 17.0. The van der Waals surface area contributed by atoms with Crippen LogP contribution in [-0.2, 0) is 0 Å². The van der Waals surface area contributed by atoms with Crippen molar-refractivity contribution in [1.29, 1.82) is 10.5 Å². The summed E-state index contributed by atoms with van der Waals surface area (Å²) in [5.74, 6) is 0.220. The maximum Gasteiger partial charge on any atom is 0.146 e. The van der Waals surface area contributed by atoms with E-state index in [-0.39, 0.29) is 17.7 Å². The molecule has 9 nitrogen and oxygen atoms in total. The first kappa shape index (κ1) is 19.1. The van der Waals surface area contributed by atoms with Gasteiger partial charge in [0.1, 0.15) is 34.4 Å². The Hall–Kier alpha value is -3.89. The molecule has 5 heterocycles. The third kappa shape index (κ3) is 3.27. The smallest absolute Gasteiger partial charge is 0.146 e. The second-order valence-electron chi connectivity index (χ2n) is 7.51. The van der Waals surface area contributed by atoms with E-state index >= 15 is 0 Å². The summed E-state index contributed by atoms with van der Waals surface area (Å²) in [6.45, 7) is 1.47. The minimum absolute atomic E-state index is 0.0252. The molecule has 2 atom stereocenters. The number of nitrogens with one attached hydrogen (secondary N) is 1. The number of hydrogen-bond acceptors (Lipinski definition) is 8. The largest absolute Gasteiger partial charge is 0.506 e. The highest BCUT2D eigenvalue weighted by atomic mass is 32.1. The number of rotatable bonds is 5. The Morgan fingerprint density at radius 2 is 2.26 bits per heavy atom. The van der Waals surface area contributed by atoms with Gasteiger partial charge in [0, 0.05) is 47.7 Å². The number of nitriles is 2. The van der Waals surface area contributed by atoms with Crippen LogP contribution in [0.2, 0.25) is 0 Å². The number of aromatic nitrogens is 5. The molecule has 5 rings (SSSR count). The van der Waals surface area contributed by atoms with E-state index in [0.717, 1.165) is 40.3 Å². The summed E-state index contributed by atoms with van der Waals surface area (Å²) in [4.78, 5) is 13.9. The fourth-order valence-corrected chi connectivity index (χ4v) is 5.20. The third-order valence-electron chi connectivity index (χ3n) is 5.79. The number of H-pyrrole nitrogens is 1. The van der Waals surface area contributed by atoms with Crippen molar-refractivity contribution in [3.05, 3.63) is 41.9 Å². The zero-order valence-corrected chi connectivity index (χ0v) is 17.2. The lowest BCUT2D eigenvalue weighted by atomic mass is 9.96. The average molecular weight is 430 g/mol. The van der Waals surface area contributed by atoms with Crippen LogP contribution in [0.15, 0.2) is 36.4 Å². The Labute approximate surface area is 181 Å². The van der Waals surface area contributed by atoms with Crippen LogP contribution in [0.25, 0.3) is 22.3 Å². The average Bonchev–Trinajstić information content (AvgIpc) is 3.57. The molecule has 4 aromatic heterocycles. The molecule has 1 aliphatic heterocycles. The van der Waals surface area contributed by atoms with Gasteiger partial charge in [0.2, 0.25) is 0 Å². The van der Waals surface area contributed by atoms with E-state index in [9.17, 15) is 15.6 Å². The van der Waals surface area contributed by atoms with Gasteiger partial charge in [-0.15, -0.1) is 11.3 Å². The van der Waals surface area contributed by atoms with Crippen molar-refractivity contribution < 1.29 is 5.11 Å².